The lowest BCUT2D eigenvalue weighted by atomic mass is 9.94. The van der Waals surface area contributed by atoms with Crippen molar-refractivity contribution >= 4 is 11.4 Å². The first kappa shape index (κ1) is 12.7. The van der Waals surface area contributed by atoms with E-state index in [9.17, 15) is 10.1 Å². The van der Waals surface area contributed by atoms with Crippen LogP contribution in [0.15, 0.2) is 42.5 Å². The van der Waals surface area contributed by atoms with E-state index in [2.05, 4.69) is 6.07 Å². The third-order valence-corrected chi connectivity index (χ3v) is 3.76. The van der Waals surface area contributed by atoms with Crippen molar-refractivity contribution < 1.29 is 4.92 Å². The summed E-state index contributed by atoms with van der Waals surface area (Å²) in [5.41, 5.74) is 10.2. The molecule has 3 rings (SSSR count). The summed E-state index contributed by atoms with van der Waals surface area (Å²) in [5.74, 6) is 0.772. The first-order valence-electron chi connectivity index (χ1n) is 6.77. The van der Waals surface area contributed by atoms with E-state index in [1.165, 1.54) is 30.5 Å². The number of nitro benzene ring substituents is 1. The highest BCUT2D eigenvalue weighted by molar-refractivity contribution is 5.80. The van der Waals surface area contributed by atoms with Gasteiger partial charge in [0.25, 0.3) is 5.69 Å². The number of non-ortho nitro benzene ring substituents is 1. The van der Waals surface area contributed by atoms with Crippen molar-refractivity contribution in [3.05, 3.63) is 58.1 Å². The highest BCUT2D eigenvalue weighted by atomic mass is 16.6. The molecule has 4 nitrogen and oxygen atoms in total. The fourth-order valence-corrected chi connectivity index (χ4v) is 2.52. The number of hydrogen-bond acceptors (Lipinski definition) is 3. The van der Waals surface area contributed by atoms with E-state index in [1.54, 1.807) is 12.1 Å². The summed E-state index contributed by atoms with van der Waals surface area (Å²) in [6.45, 7) is 0. The van der Waals surface area contributed by atoms with Crippen molar-refractivity contribution in [3.63, 3.8) is 0 Å². The summed E-state index contributed by atoms with van der Waals surface area (Å²) < 4.78 is 0. The second-order valence-corrected chi connectivity index (χ2v) is 5.33. The van der Waals surface area contributed by atoms with Gasteiger partial charge in [0, 0.05) is 23.4 Å². The number of nitro groups is 1. The molecule has 2 N–H and O–H groups in total. The van der Waals surface area contributed by atoms with E-state index in [1.807, 2.05) is 12.1 Å². The normalized spacial score (nSPS) is 14.2. The van der Waals surface area contributed by atoms with Gasteiger partial charge >= 0.3 is 0 Å². The van der Waals surface area contributed by atoms with E-state index < -0.39 is 0 Å². The molecule has 0 aliphatic heterocycles. The molecule has 1 aliphatic rings. The Morgan fingerprint density at radius 1 is 1.15 bits per heavy atom. The summed E-state index contributed by atoms with van der Waals surface area (Å²) >= 11 is 0. The Balaban J connectivity index is 2.01. The van der Waals surface area contributed by atoms with Crippen LogP contribution in [0.2, 0.25) is 0 Å². The van der Waals surface area contributed by atoms with Gasteiger partial charge in [-0.3, -0.25) is 10.1 Å². The van der Waals surface area contributed by atoms with Crippen molar-refractivity contribution in [1.29, 1.82) is 0 Å². The van der Waals surface area contributed by atoms with Crippen molar-refractivity contribution in [1.82, 2.24) is 0 Å². The van der Waals surface area contributed by atoms with Gasteiger partial charge in [-0.2, -0.15) is 0 Å². The van der Waals surface area contributed by atoms with E-state index in [0.29, 0.717) is 0 Å². The van der Waals surface area contributed by atoms with Crippen LogP contribution in [-0.2, 0) is 6.42 Å². The summed E-state index contributed by atoms with van der Waals surface area (Å²) in [4.78, 5) is 10.3. The minimum atomic E-state index is -0.386. The summed E-state index contributed by atoms with van der Waals surface area (Å²) in [6.07, 6.45) is 3.61. The van der Waals surface area contributed by atoms with Crippen molar-refractivity contribution in [2.75, 3.05) is 5.73 Å². The highest BCUT2D eigenvalue weighted by Crippen LogP contribution is 2.38. The maximum absolute atomic E-state index is 10.7. The molecule has 2 aromatic carbocycles. The lowest BCUT2D eigenvalue weighted by molar-refractivity contribution is -0.384. The van der Waals surface area contributed by atoms with Gasteiger partial charge in [0.1, 0.15) is 0 Å². The molecule has 0 unspecified atom stereocenters. The standard InChI is InChI=1S/C16H16N2O2/c17-15-3-1-2-13(10-11-4-5-11)16(15)12-6-8-14(9-7-12)18(19)20/h1-3,6-9,11H,4-5,10,17H2. The van der Waals surface area contributed by atoms with Crippen LogP contribution < -0.4 is 5.73 Å². The molecule has 0 saturated heterocycles. The van der Waals surface area contributed by atoms with Gasteiger partial charge in [0.2, 0.25) is 0 Å². The van der Waals surface area contributed by atoms with Crippen molar-refractivity contribution in [3.8, 4) is 11.1 Å². The predicted molar refractivity (Wildman–Crippen MR) is 79.4 cm³/mol. The monoisotopic (exact) mass is 268 g/mol. The number of nitrogen functional groups attached to an aromatic ring is 1. The molecule has 102 valence electrons. The molecule has 1 saturated carbocycles. The molecule has 2 aromatic rings. The van der Waals surface area contributed by atoms with Gasteiger partial charge in [-0.1, -0.05) is 12.1 Å². The Morgan fingerprint density at radius 2 is 1.85 bits per heavy atom. The van der Waals surface area contributed by atoms with Crippen LogP contribution in [0.5, 0.6) is 0 Å². The van der Waals surface area contributed by atoms with Crippen LogP contribution in [0.1, 0.15) is 18.4 Å². The minimum absolute atomic E-state index is 0.104. The number of anilines is 1. The Kier molecular flexibility index (Phi) is 3.14. The molecule has 20 heavy (non-hydrogen) atoms. The SMILES string of the molecule is Nc1cccc(CC2CC2)c1-c1ccc([N+](=O)[O-])cc1. The average molecular weight is 268 g/mol. The second kappa shape index (κ2) is 4.96. The fourth-order valence-electron chi connectivity index (χ4n) is 2.52. The third-order valence-electron chi connectivity index (χ3n) is 3.76. The van der Waals surface area contributed by atoms with Crippen LogP contribution in [0.3, 0.4) is 0 Å². The highest BCUT2D eigenvalue weighted by Gasteiger charge is 2.23. The molecule has 0 atom stereocenters. The van der Waals surface area contributed by atoms with Crippen LogP contribution in [0, 0.1) is 16.0 Å². The zero-order valence-electron chi connectivity index (χ0n) is 11.1. The zero-order valence-corrected chi connectivity index (χ0v) is 11.1. The lowest BCUT2D eigenvalue weighted by Crippen LogP contribution is -1.97. The van der Waals surface area contributed by atoms with Gasteiger partial charge in [-0.05, 0) is 54.5 Å². The largest absolute Gasteiger partial charge is 0.398 e. The van der Waals surface area contributed by atoms with Gasteiger partial charge in [-0.15, -0.1) is 0 Å². The fraction of sp³-hybridized carbons (Fsp3) is 0.250. The number of benzene rings is 2. The Hall–Kier alpha value is -2.36. The minimum Gasteiger partial charge on any atom is -0.398 e. The van der Waals surface area contributed by atoms with Crippen LogP contribution >= 0.6 is 0 Å². The van der Waals surface area contributed by atoms with E-state index in [0.717, 1.165) is 29.2 Å². The first-order chi connectivity index (χ1) is 9.65. The van der Waals surface area contributed by atoms with Gasteiger partial charge in [0.15, 0.2) is 0 Å². The molecule has 0 spiro atoms. The molecule has 0 aromatic heterocycles. The smallest absolute Gasteiger partial charge is 0.269 e. The topological polar surface area (TPSA) is 69.2 Å². The lowest BCUT2D eigenvalue weighted by Gasteiger charge is -2.12. The number of hydrogen-bond donors (Lipinski definition) is 1. The molecular weight excluding hydrogens is 252 g/mol. The van der Waals surface area contributed by atoms with Crippen LogP contribution in [0.4, 0.5) is 11.4 Å². The van der Waals surface area contributed by atoms with Crippen LogP contribution in [0.25, 0.3) is 11.1 Å². The zero-order chi connectivity index (χ0) is 14.1. The van der Waals surface area contributed by atoms with Crippen molar-refractivity contribution in [2.24, 2.45) is 5.92 Å². The van der Waals surface area contributed by atoms with E-state index in [4.69, 9.17) is 5.73 Å². The maximum atomic E-state index is 10.7. The summed E-state index contributed by atoms with van der Waals surface area (Å²) in [6, 6.07) is 12.6. The van der Waals surface area contributed by atoms with Gasteiger partial charge < -0.3 is 5.73 Å². The van der Waals surface area contributed by atoms with E-state index >= 15 is 0 Å². The molecule has 0 amide bonds. The Labute approximate surface area is 117 Å². The average Bonchev–Trinajstić information content (AvgIpc) is 3.23. The summed E-state index contributed by atoms with van der Waals surface area (Å²) in [7, 11) is 0. The predicted octanol–water partition coefficient (Wildman–Crippen LogP) is 3.80. The number of nitrogens with two attached hydrogens (primary N) is 1. The number of rotatable bonds is 4. The molecule has 0 radical (unpaired) electrons. The second-order valence-electron chi connectivity index (χ2n) is 5.33. The first-order valence-corrected chi connectivity index (χ1v) is 6.77. The molecule has 0 bridgehead atoms. The Morgan fingerprint density at radius 3 is 2.45 bits per heavy atom. The quantitative estimate of drug-likeness (QED) is 0.521. The Bertz CT molecular complexity index is 646. The van der Waals surface area contributed by atoms with Crippen molar-refractivity contribution in [2.45, 2.75) is 19.3 Å². The molecular formula is C16H16N2O2. The molecule has 1 fully saturated rings. The maximum Gasteiger partial charge on any atom is 0.269 e. The number of nitrogens with zero attached hydrogens (tertiary/aromatic N) is 1. The summed E-state index contributed by atoms with van der Waals surface area (Å²) in [5, 5.41) is 10.7. The molecule has 0 heterocycles. The van der Waals surface area contributed by atoms with Gasteiger partial charge in [-0.25, -0.2) is 0 Å². The third kappa shape index (κ3) is 2.50. The van der Waals surface area contributed by atoms with Crippen LogP contribution in [-0.4, -0.2) is 4.92 Å². The van der Waals surface area contributed by atoms with Gasteiger partial charge in [0.05, 0.1) is 4.92 Å². The van der Waals surface area contributed by atoms with E-state index in [-0.39, 0.29) is 10.6 Å². The molecule has 1 aliphatic carbocycles. The molecule has 4 heteroatoms.